The molecule has 0 spiro atoms. The molecule has 32 heavy (non-hydrogen) atoms. The lowest BCUT2D eigenvalue weighted by Gasteiger charge is -2.36. The van der Waals surface area contributed by atoms with Crippen LogP contribution in [-0.4, -0.2) is 56.6 Å². The number of hydrogen-bond donors (Lipinski definition) is 0. The summed E-state index contributed by atoms with van der Waals surface area (Å²) in [6.07, 6.45) is -4.37. The summed E-state index contributed by atoms with van der Waals surface area (Å²) in [4.78, 5) is 27.3. The second-order valence-corrected chi connectivity index (χ2v) is 8.16. The maximum Gasteiger partial charge on any atom is 0.416 e. The minimum absolute atomic E-state index is 0.0344. The van der Waals surface area contributed by atoms with E-state index in [1.807, 2.05) is 4.90 Å². The number of carbonyl (C=O) groups is 1. The monoisotopic (exact) mass is 453 g/mol. The van der Waals surface area contributed by atoms with Gasteiger partial charge in [-0.25, -0.2) is 0 Å². The number of rotatable bonds is 6. The van der Waals surface area contributed by atoms with Gasteiger partial charge < -0.3 is 4.90 Å². The Labute approximate surface area is 183 Å². The molecule has 0 saturated carbocycles. The standard InChI is InChI=1S/C21H26F3N5O3/c1-14(12-28-16(3)19(29(31)32)15(2)25-28)20(30)27-9-7-26(8-10-27)13-17-5-4-6-18(11-17)21(22,23)24/h4-6,11,14H,7-10,12-13H2,1-3H3. The fourth-order valence-electron chi connectivity index (χ4n) is 4.01. The molecule has 174 valence electrons. The largest absolute Gasteiger partial charge is 0.416 e. The van der Waals surface area contributed by atoms with E-state index in [4.69, 9.17) is 0 Å². The van der Waals surface area contributed by atoms with Gasteiger partial charge in [-0.3, -0.25) is 24.5 Å². The summed E-state index contributed by atoms with van der Waals surface area (Å²) in [5.41, 5.74) is 0.613. The second-order valence-electron chi connectivity index (χ2n) is 8.16. The Kier molecular flexibility index (Phi) is 6.87. The molecule has 0 bridgehead atoms. The Balaban J connectivity index is 1.55. The maximum atomic E-state index is 12.9. The van der Waals surface area contributed by atoms with Crippen LogP contribution in [0.2, 0.25) is 0 Å². The summed E-state index contributed by atoms with van der Waals surface area (Å²) in [5.74, 6) is -0.485. The maximum absolute atomic E-state index is 12.9. The van der Waals surface area contributed by atoms with E-state index < -0.39 is 22.6 Å². The summed E-state index contributed by atoms with van der Waals surface area (Å²) in [5, 5.41) is 15.4. The Hall–Kier alpha value is -2.95. The SMILES string of the molecule is Cc1nn(CC(C)C(=O)N2CCN(Cc3cccc(C(F)(F)F)c3)CC2)c(C)c1[N+](=O)[O-]. The normalized spacial score (nSPS) is 16.2. The number of benzene rings is 1. The predicted octanol–water partition coefficient (Wildman–Crippen LogP) is 3.41. The molecule has 0 aliphatic carbocycles. The van der Waals surface area contributed by atoms with Crippen LogP contribution < -0.4 is 0 Å². The molecule has 1 atom stereocenters. The topological polar surface area (TPSA) is 84.5 Å². The third-order valence-corrected chi connectivity index (χ3v) is 5.74. The molecule has 1 aliphatic rings. The van der Waals surface area contributed by atoms with Crippen molar-refractivity contribution >= 4 is 11.6 Å². The first-order valence-electron chi connectivity index (χ1n) is 10.3. The molecule has 11 heteroatoms. The summed E-state index contributed by atoms with van der Waals surface area (Å²) >= 11 is 0. The van der Waals surface area contributed by atoms with Gasteiger partial charge in [0.2, 0.25) is 5.91 Å². The third-order valence-electron chi connectivity index (χ3n) is 5.74. The molecule has 0 N–H and O–H groups in total. The lowest BCUT2D eigenvalue weighted by atomic mass is 10.1. The minimum atomic E-state index is -4.37. The molecule has 8 nitrogen and oxygen atoms in total. The van der Waals surface area contributed by atoms with Crippen LogP contribution >= 0.6 is 0 Å². The van der Waals surface area contributed by atoms with Gasteiger partial charge in [0.1, 0.15) is 11.4 Å². The van der Waals surface area contributed by atoms with E-state index in [2.05, 4.69) is 5.10 Å². The van der Waals surface area contributed by atoms with Crippen molar-refractivity contribution in [2.24, 2.45) is 5.92 Å². The second kappa shape index (κ2) is 9.27. The van der Waals surface area contributed by atoms with Crippen molar-refractivity contribution in [1.29, 1.82) is 0 Å². The van der Waals surface area contributed by atoms with Crippen LogP contribution in [-0.2, 0) is 24.1 Å². The van der Waals surface area contributed by atoms with E-state index in [1.54, 1.807) is 31.7 Å². The van der Waals surface area contributed by atoms with Crippen LogP contribution in [0.3, 0.4) is 0 Å². The van der Waals surface area contributed by atoms with E-state index >= 15 is 0 Å². The molecule has 2 aromatic rings. The molecule has 2 heterocycles. The number of aromatic nitrogens is 2. The van der Waals surface area contributed by atoms with Crippen molar-refractivity contribution in [2.75, 3.05) is 26.2 Å². The van der Waals surface area contributed by atoms with Crippen molar-refractivity contribution in [1.82, 2.24) is 19.6 Å². The van der Waals surface area contributed by atoms with E-state index in [0.717, 1.165) is 12.1 Å². The van der Waals surface area contributed by atoms with E-state index in [9.17, 15) is 28.1 Å². The molecule has 1 aliphatic heterocycles. The van der Waals surface area contributed by atoms with E-state index in [0.29, 0.717) is 49.7 Å². The van der Waals surface area contributed by atoms with Crippen molar-refractivity contribution in [3.05, 3.63) is 56.9 Å². The Morgan fingerprint density at radius 2 is 1.88 bits per heavy atom. The van der Waals surface area contributed by atoms with Crippen LogP contribution in [0.1, 0.15) is 29.4 Å². The van der Waals surface area contributed by atoms with Gasteiger partial charge in [-0.15, -0.1) is 0 Å². The zero-order valence-corrected chi connectivity index (χ0v) is 18.2. The Bertz CT molecular complexity index is 997. The van der Waals surface area contributed by atoms with Gasteiger partial charge in [0.05, 0.1) is 22.9 Å². The van der Waals surface area contributed by atoms with Gasteiger partial charge in [-0.1, -0.05) is 25.1 Å². The summed E-state index contributed by atoms with van der Waals surface area (Å²) in [6, 6.07) is 5.29. The number of amides is 1. The molecule has 0 radical (unpaired) electrons. The Morgan fingerprint density at radius 1 is 1.22 bits per heavy atom. The van der Waals surface area contributed by atoms with Gasteiger partial charge in [0, 0.05) is 32.7 Å². The molecule has 1 fully saturated rings. The van der Waals surface area contributed by atoms with Crippen LogP contribution in [0.4, 0.5) is 18.9 Å². The highest BCUT2D eigenvalue weighted by atomic mass is 19.4. The highest BCUT2D eigenvalue weighted by Crippen LogP contribution is 2.30. The minimum Gasteiger partial charge on any atom is -0.340 e. The Morgan fingerprint density at radius 3 is 2.44 bits per heavy atom. The number of aryl methyl sites for hydroxylation is 1. The van der Waals surface area contributed by atoms with E-state index in [1.165, 1.54) is 10.7 Å². The number of halogens is 3. The fraction of sp³-hybridized carbons (Fsp3) is 0.524. The fourth-order valence-corrected chi connectivity index (χ4v) is 4.01. The van der Waals surface area contributed by atoms with Crippen molar-refractivity contribution in [3.63, 3.8) is 0 Å². The quantitative estimate of drug-likeness (QED) is 0.494. The van der Waals surface area contributed by atoms with Gasteiger partial charge >= 0.3 is 11.9 Å². The number of hydrogen-bond acceptors (Lipinski definition) is 5. The van der Waals surface area contributed by atoms with Crippen LogP contribution in [0, 0.1) is 29.9 Å². The predicted molar refractivity (Wildman–Crippen MR) is 111 cm³/mol. The number of nitro groups is 1. The van der Waals surface area contributed by atoms with E-state index in [-0.39, 0.29) is 18.1 Å². The number of carbonyl (C=O) groups excluding carboxylic acids is 1. The van der Waals surface area contributed by atoms with Crippen molar-refractivity contribution in [2.45, 2.75) is 40.0 Å². The van der Waals surface area contributed by atoms with Gasteiger partial charge in [-0.2, -0.15) is 18.3 Å². The first kappa shape index (κ1) is 23.7. The lowest BCUT2D eigenvalue weighted by molar-refractivity contribution is -0.386. The summed E-state index contributed by atoms with van der Waals surface area (Å²) in [6.45, 7) is 7.62. The molecule has 1 aromatic carbocycles. The van der Waals surface area contributed by atoms with Gasteiger partial charge in [0.15, 0.2) is 0 Å². The third kappa shape index (κ3) is 5.26. The first-order chi connectivity index (χ1) is 15.0. The highest BCUT2D eigenvalue weighted by molar-refractivity contribution is 5.78. The number of alkyl halides is 3. The highest BCUT2D eigenvalue weighted by Gasteiger charge is 2.31. The molecule has 1 unspecified atom stereocenters. The zero-order chi connectivity index (χ0) is 23.6. The molecule has 3 rings (SSSR count). The van der Waals surface area contributed by atoms with Gasteiger partial charge in [-0.05, 0) is 25.5 Å². The number of piperazine rings is 1. The molecule has 1 aromatic heterocycles. The van der Waals surface area contributed by atoms with Crippen LogP contribution in [0.15, 0.2) is 24.3 Å². The molecule has 1 amide bonds. The lowest BCUT2D eigenvalue weighted by Crippen LogP contribution is -2.50. The smallest absolute Gasteiger partial charge is 0.340 e. The van der Waals surface area contributed by atoms with Crippen molar-refractivity contribution in [3.8, 4) is 0 Å². The first-order valence-corrected chi connectivity index (χ1v) is 10.3. The average molecular weight is 453 g/mol. The average Bonchev–Trinajstić information content (AvgIpc) is 3.00. The van der Waals surface area contributed by atoms with Crippen LogP contribution in [0.5, 0.6) is 0 Å². The molecular formula is C21H26F3N5O3. The molecular weight excluding hydrogens is 427 g/mol. The summed E-state index contributed by atoms with van der Waals surface area (Å²) < 4.78 is 40.2. The molecule has 1 saturated heterocycles. The van der Waals surface area contributed by atoms with Crippen molar-refractivity contribution < 1.29 is 22.9 Å². The van der Waals surface area contributed by atoms with Gasteiger partial charge in [0.25, 0.3) is 0 Å². The summed E-state index contributed by atoms with van der Waals surface area (Å²) in [7, 11) is 0. The number of nitrogens with zero attached hydrogens (tertiary/aromatic N) is 5. The zero-order valence-electron chi connectivity index (χ0n) is 18.2. The van der Waals surface area contributed by atoms with Crippen LogP contribution in [0.25, 0.3) is 0 Å².